The second kappa shape index (κ2) is 7.95. The molecule has 2 saturated carbocycles. The van der Waals surface area contributed by atoms with E-state index in [1.165, 1.54) is 38.5 Å². The summed E-state index contributed by atoms with van der Waals surface area (Å²) in [6, 6.07) is 0. The Labute approximate surface area is 123 Å². The van der Waals surface area contributed by atoms with Gasteiger partial charge in [0.15, 0.2) is 0 Å². The van der Waals surface area contributed by atoms with Crippen LogP contribution in [0.2, 0.25) is 0 Å². The van der Waals surface area contributed by atoms with Gasteiger partial charge in [-0.05, 0) is 37.5 Å². The fraction of sp³-hybridized carbons (Fsp3) is 0.889. The van der Waals surface area contributed by atoms with E-state index in [0.29, 0.717) is 42.7 Å². The zero-order valence-electron chi connectivity index (χ0n) is 13.0. The summed E-state index contributed by atoms with van der Waals surface area (Å²) >= 11 is 0. The van der Waals surface area contributed by atoms with Crippen LogP contribution in [0.15, 0.2) is 0 Å². The first kappa shape index (κ1) is 15.7. The summed E-state index contributed by atoms with van der Waals surface area (Å²) in [5.74, 6) is 2.63. The molecule has 114 valence electrons. The van der Waals surface area contributed by atoms with Crippen LogP contribution in [-0.2, 0) is 9.59 Å². The fourth-order valence-corrected chi connectivity index (χ4v) is 4.39. The van der Waals surface area contributed by atoms with Crippen molar-refractivity contribution in [3.8, 4) is 0 Å². The van der Waals surface area contributed by atoms with E-state index in [0.717, 1.165) is 25.2 Å². The fourth-order valence-electron chi connectivity index (χ4n) is 4.39. The lowest BCUT2D eigenvalue weighted by Gasteiger charge is -2.40. The second-order valence-electron chi connectivity index (χ2n) is 6.85. The summed E-state index contributed by atoms with van der Waals surface area (Å²) in [7, 11) is 0. The van der Waals surface area contributed by atoms with Gasteiger partial charge >= 0.3 is 0 Å². The number of Topliss-reactive ketones (excluding diaryl/α,β-unsaturated/α-hetero) is 2. The molecule has 0 N–H and O–H groups in total. The van der Waals surface area contributed by atoms with Crippen molar-refractivity contribution >= 4 is 11.6 Å². The van der Waals surface area contributed by atoms with Gasteiger partial charge in [0.2, 0.25) is 0 Å². The minimum atomic E-state index is 0.329. The van der Waals surface area contributed by atoms with Gasteiger partial charge in [-0.2, -0.15) is 0 Å². The highest BCUT2D eigenvalue weighted by Crippen LogP contribution is 2.44. The predicted octanol–water partition coefficient (Wildman–Crippen LogP) is 4.70. The maximum Gasteiger partial charge on any atom is 0.136 e. The summed E-state index contributed by atoms with van der Waals surface area (Å²) < 4.78 is 0. The van der Waals surface area contributed by atoms with Gasteiger partial charge in [-0.1, -0.05) is 39.0 Å². The third-order valence-electron chi connectivity index (χ3n) is 5.40. The summed E-state index contributed by atoms with van der Waals surface area (Å²) in [5.41, 5.74) is 0. The molecule has 0 radical (unpaired) electrons. The molecule has 0 saturated heterocycles. The molecule has 0 aromatic rings. The molecule has 0 heterocycles. The Morgan fingerprint density at radius 1 is 0.900 bits per heavy atom. The van der Waals surface area contributed by atoms with E-state index in [2.05, 4.69) is 0 Å². The van der Waals surface area contributed by atoms with Crippen LogP contribution >= 0.6 is 0 Å². The average molecular weight is 278 g/mol. The molecule has 20 heavy (non-hydrogen) atoms. The third kappa shape index (κ3) is 4.17. The van der Waals surface area contributed by atoms with Gasteiger partial charge in [-0.3, -0.25) is 9.59 Å². The second-order valence-corrected chi connectivity index (χ2v) is 6.85. The number of rotatable bonds is 7. The Morgan fingerprint density at radius 3 is 2.45 bits per heavy atom. The topological polar surface area (TPSA) is 34.1 Å². The molecule has 2 nitrogen and oxygen atoms in total. The van der Waals surface area contributed by atoms with E-state index < -0.39 is 0 Å². The van der Waals surface area contributed by atoms with Crippen LogP contribution in [0, 0.1) is 17.8 Å². The number of carbonyl (C=O) groups excluding carboxylic acids is 2. The van der Waals surface area contributed by atoms with Gasteiger partial charge in [0.05, 0.1) is 0 Å². The molecule has 2 heteroatoms. The quantitative estimate of drug-likeness (QED) is 0.676. The molecular formula is C18H30O2. The number of fused-ring (bicyclic) bond motifs is 1. The number of carbonyl (C=O) groups is 2. The monoisotopic (exact) mass is 278 g/mol. The zero-order valence-corrected chi connectivity index (χ0v) is 13.0. The molecule has 2 rings (SSSR count). The first-order valence-corrected chi connectivity index (χ1v) is 8.76. The van der Waals surface area contributed by atoms with E-state index >= 15 is 0 Å². The molecule has 2 aliphatic rings. The van der Waals surface area contributed by atoms with Gasteiger partial charge < -0.3 is 0 Å². The van der Waals surface area contributed by atoms with Crippen molar-refractivity contribution in [3.63, 3.8) is 0 Å². The average Bonchev–Trinajstić information content (AvgIpc) is 2.47. The van der Waals surface area contributed by atoms with E-state index in [9.17, 15) is 9.59 Å². The van der Waals surface area contributed by atoms with E-state index in [1.807, 2.05) is 6.92 Å². The standard InChI is InChI=1S/C18H30O2/c1-2-7-15(19)10-6-13-18(20)17-12-5-9-14-8-3-4-11-16(14)17/h14,16-17H,2-13H2,1H3/t14?,16-,17?/m0/s1. The van der Waals surface area contributed by atoms with Gasteiger partial charge in [-0.25, -0.2) is 0 Å². The Hall–Kier alpha value is -0.660. The summed E-state index contributed by atoms with van der Waals surface area (Å²) in [4.78, 5) is 24.0. The van der Waals surface area contributed by atoms with Crippen LogP contribution < -0.4 is 0 Å². The van der Waals surface area contributed by atoms with Crippen LogP contribution in [0.4, 0.5) is 0 Å². The Kier molecular flexibility index (Phi) is 6.25. The third-order valence-corrected chi connectivity index (χ3v) is 5.40. The minimum Gasteiger partial charge on any atom is -0.300 e. The lowest BCUT2D eigenvalue weighted by Crippen LogP contribution is -2.35. The Bertz CT molecular complexity index is 332. The molecule has 0 aliphatic heterocycles. The first-order chi connectivity index (χ1) is 9.72. The molecule has 0 spiro atoms. The maximum absolute atomic E-state index is 12.5. The van der Waals surface area contributed by atoms with Crippen LogP contribution in [0.5, 0.6) is 0 Å². The summed E-state index contributed by atoms with van der Waals surface area (Å²) in [6.45, 7) is 2.04. The Morgan fingerprint density at radius 2 is 1.65 bits per heavy atom. The molecule has 2 fully saturated rings. The van der Waals surface area contributed by atoms with Gasteiger partial charge in [0.25, 0.3) is 0 Å². The number of hydrogen-bond donors (Lipinski definition) is 0. The minimum absolute atomic E-state index is 0.329. The molecule has 2 unspecified atom stereocenters. The maximum atomic E-state index is 12.5. The largest absolute Gasteiger partial charge is 0.300 e. The SMILES string of the molecule is CCCC(=O)CCCC(=O)C1CCCC2CCCC[C@@H]21. The molecule has 0 aromatic carbocycles. The van der Waals surface area contributed by atoms with Crippen molar-refractivity contribution in [2.75, 3.05) is 0 Å². The van der Waals surface area contributed by atoms with Crippen molar-refractivity contribution in [1.29, 1.82) is 0 Å². The summed E-state index contributed by atoms with van der Waals surface area (Å²) in [6.07, 6.45) is 12.7. The zero-order chi connectivity index (χ0) is 14.4. The van der Waals surface area contributed by atoms with Crippen LogP contribution in [-0.4, -0.2) is 11.6 Å². The lowest BCUT2D eigenvalue weighted by atomic mass is 9.64. The van der Waals surface area contributed by atoms with Crippen molar-refractivity contribution in [2.24, 2.45) is 17.8 Å². The smallest absolute Gasteiger partial charge is 0.136 e. The number of ketones is 2. The molecule has 2 aliphatic carbocycles. The highest BCUT2D eigenvalue weighted by Gasteiger charge is 2.37. The van der Waals surface area contributed by atoms with Crippen LogP contribution in [0.25, 0.3) is 0 Å². The van der Waals surface area contributed by atoms with E-state index in [1.54, 1.807) is 0 Å². The van der Waals surface area contributed by atoms with Crippen molar-refractivity contribution < 1.29 is 9.59 Å². The first-order valence-electron chi connectivity index (χ1n) is 8.76. The van der Waals surface area contributed by atoms with Crippen LogP contribution in [0.3, 0.4) is 0 Å². The van der Waals surface area contributed by atoms with E-state index in [4.69, 9.17) is 0 Å². The van der Waals surface area contributed by atoms with Gasteiger partial charge in [-0.15, -0.1) is 0 Å². The number of hydrogen-bond acceptors (Lipinski definition) is 2. The van der Waals surface area contributed by atoms with Gasteiger partial charge in [0, 0.05) is 25.2 Å². The van der Waals surface area contributed by atoms with E-state index in [-0.39, 0.29) is 0 Å². The molecule has 3 atom stereocenters. The van der Waals surface area contributed by atoms with Crippen LogP contribution in [0.1, 0.15) is 84.0 Å². The van der Waals surface area contributed by atoms with Crippen molar-refractivity contribution in [1.82, 2.24) is 0 Å². The molecule has 0 bridgehead atoms. The van der Waals surface area contributed by atoms with Gasteiger partial charge in [0.1, 0.15) is 11.6 Å². The molecular weight excluding hydrogens is 248 g/mol. The van der Waals surface area contributed by atoms with Crippen molar-refractivity contribution in [2.45, 2.75) is 84.0 Å². The molecule has 0 aromatic heterocycles. The highest BCUT2D eigenvalue weighted by molar-refractivity contribution is 5.83. The predicted molar refractivity (Wildman–Crippen MR) is 81.6 cm³/mol. The highest BCUT2D eigenvalue weighted by atomic mass is 16.1. The normalized spacial score (nSPS) is 29.8. The lowest BCUT2D eigenvalue weighted by molar-refractivity contribution is -0.127. The summed E-state index contributed by atoms with van der Waals surface area (Å²) in [5, 5.41) is 0. The van der Waals surface area contributed by atoms with Crippen molar-refractivity contribution in [3.05, 3.63) is 0 Å². The Balaban J connectivity index is 1.77. The molecule has 0 amide bonds.